The fourth-order valence-corrected chi connectivity index (χ4v) is 2.62. The van der Waals surface area contributed by atoms with Crippen LogP contribution in [0.5, 0.6) is 0 Å². The molecule has 0 aliphatic carbocycles. The molecule has 2 aromatic carbocycles. The lowest BCUT2D eigenvalue weighted by atomic mass is 10.1. The molecule has 2 N–H and O–H groups in total. The number of hydrogen-bond acceptors (Lipinski definition) is 3. The van der Waals surface area contributed by atoms with Crippen LogP contribution >= 0.6 is 11.6 Å². The van der Waals surface area contributed by atoms with Gasteiger partial charge in [-0.1, -0.05) is 54.1 Å². The Bertz CT molecular complexity index is 795. The largest absolute Gasteiger partial charge is 0.325 e. The molecule has 122 valence electrons. The summed E-state index contributed by atoms with van der Waals surface area (Å²) in [5.41, 5.74) is 1.10. The minimum atomic E-state index is -0.771. The number of imide groups is 1. The highest BCUT2D eigenvalue weighted by molar-refractivity contribution is 6.33. The number of nitrogens with zero attached hydrogens (tertiary/aromatic N) is 1. The molecule has 3 rings (SSSR count). The van der Waals surface area contributed by atoms with Gasteiger partial charge in [0.05, 0.1) is 10.7 Å². The molecule has 4 amide bonds. The van der Waals surface area contributed by atoms with Crippen molar-refractivity contribution in [2.24, 2.45) is 0 Å². The number of nitrogens with one attached hydrogen (secondary N) is 2. The molecule has 0 spiro atoms. The van der Waals surface area contributed by atoms with E-state index in [1.54, 1.807) is 48.5 Å². The van der Waals surface area contributed by atoms with E-state index >= 15 is 0 Å². The van der Waals surface area contributed by atoms with E-state index < -0.39 is 23.9 Å². The molecule has 1 heterocycles. The van der Waals surface area contributed by atoms with Gasteiger partial charge in [0, 0.05) is 0 Å². The van der Waals surface area contributed by atoms with Crippen LogP contribution in [0.4, 0.5) is 10.5 Å². The predicted octanol–water partition coefficient (Wildman–Crippen LogP) is 2.57. The van der Waals surface area contributed by atoms with Crippen molar-refractivity contribution in [3.63, 3.8) is 0 Å². The van der Waals surface area contributed by atoms with Gasteiger partial charge in [0.2, 0.25) is 5.91 Å². The summed E-state index contributed by atoms with van der Waals surface area (Å²) < 4.78 is 0. The van der Waals surface area contributed by atoms with Gasteiger partial charge in [-0.05, 0) is 17.7 Å². The van der Waals surface area contributed by atoms with E-state index in [0.717, 1.165) is 4.90 Å². The van der Waals surface area contributed by atoms with E-state index in [1.807, 2.05) is 6.07 Å². The fraction of sp³-hybridized carbons (Fsp3) is 0.118. The van der Waals surface area contributed by atoms with Crippen molar-refractivity contribution >= 4 is 35.1 Å². The first-order valence-electron chi connectivity index (χ1n) is 7.27. The van der Waals surface area contributed by atoms with Crippen LogP contribution in [0.3, 0.4) is 0 Å². The molecule has 1 aliphatic rings. The van der Waals surface area contributed by atoms with Gasteiger partial charge < -0.3 is 10.6 Å². The third kappa shape index (κ3) is 3.23. The number of amides is 4. The van der Waals surface area contributed by atoms with Gasteiger partial charge in [-0.15, -0.1) is 0 Å². The van der Waals surface area contributed by atoms with Gasteiger partial charge in [0.15, 0.2) is 0 Å². The first-order chi connectivity index (χ1) is 11.6. The molecule has 1 unspecified atom stereocenters. The molecular formula is C17H14ClN3O3. The molecule has 7 heteroatoms. The van der Waals surface area contributed by atoms with Crippen molar-refractivity contribution in [3.8, 4) is 0 Å². The summed E-state index contributed by atoms with van der Waals surface area (Å²) in [4.78, 5) is 37.4. The summed E-state index contributed by atoms with van der Waals surface area (Å²) >= 11 is 5.97. The van der Waals surface area contributed by atoms with Crippen molar-refractivity contribution in [3.05, 3.63) is 65.2 Å². The average Bonchev–Trinajstić information content (AvgIpc) is 2.86. The predicted molar refractivity (Wildman–Crippen MR) is 89.5 cm³/mol. The van der Waals surface area contributed by atoms with Crippen LogP contribution < -0.4 is 10.6 Å². The zero-order valence-corrected chi connectivity index (χ0v) is 13.3. The molecule has 6 nitrogen and oxygen atoms in total. The normalized spacial score (nSPS) is 16.9. The van der Waals surface area contributed by atoms with Gasteiger partial charge in [0.25, 0.3) is 5.91 Å². The molecule has 0 bridgehead atoms. The van der Waals surface area contributed by atoms with E-state index in [0.29, 0.717) is 16.3 Å². The highest BCUT2D eigenvalue weighted by atomic mass is 35.5. The number of hydrogen-bond donors (Lipinski definition) is 2. The van der Waals surface area contributed by atoms with Crippen molar-refractivity contribution in [2.75, 3.05) is 11.9 Å². The summed E-state index contributed by atoms with van der Waals surface area (Å²) in [6, 6.07) is 14.2. The van der Waals surface area contributed by atoms with E-state index in [-0.39, 0.29) is 6.54 Å². The van der Waals surface area contributed by atoms with Crippen LogP contribution in [0.2, 0.25) is 5.02 Å². The van der Waals surface area contributed by atoms with Crippen LogP contribution in [0.1, 0.15) is 11.6 Å². The van der Waals surface area contributed by atoms with Gasteiger partial charge in [-0.25, -0.2) is 4.79 Å². The molecule has 0 saturated carbocycles. The molecule has 1 atom stereocenters. The quantitative estimate of drug-likeness (QED) is 0.837. The van der Waals surface area contributed by atoms with Crippen LogP contribution in [-0.2, 0) is 9.59 Å². The number of anilines is 1. The maximum atomic E-state index is 12.4. The van der Waals surface area contributed by atoms with Gasteiger partial charge in [-0.2, -0.15) is 0 Å². The number of halogens is 1. The summed E-state index contributed by atoms with van der Waals surface area (Å²) in [7, 11) is 0. The van der Waals surface area contributed by atoms with Crippen molar-refractivity contribution in [1.29, 1.82) is 0 Å². The molecule has 1 saturated heterocycles. The maximum Gasteiger partial charge on any atom is 0.325 e. The topological polar surface area (TPSA) is 78.5 Å². The Labute approximate surface area is 143 Å². The lowest BCUT2D eigenvalue weighted by Crippen LogP contribution is -2.38. The highest BCUT2D eigenvalue weighted by Gasteiger charge is 2.39. The lowest BCUT2D eigenvalue weighted by molar-refractivity contribution is -0.130. The number of carbonyl (C=O) groups is 3. The van der Waals surface area contributed by atoms with Crippen LogP contribution in [0.15, 0.2) is 54.6 Å². The molecule has 24 heavy (non-hydrogen) atoms. The Balaban J connectivity index is 1.69. The average molecular weight is 344 g/mol. The zero-order chi connectivity index (χ0) is 17.1. The monoisotopic (exact) mass is 343 g/mol. The van der Waals surface area contributed by atoms with Crippen molar-refractivity contribution in [1.82, 2.24) is 10.2 Å². The number of rotatable bonds is 4. The molecule has 1 aliphatic heterocycles. The summed E-state index contributed by atoms with van der Waals surface area (Å²) in [6.07, 6.45) is 0. The summed E-state index contributed by atoms with van der Waals surface area (Å²) in [6.45, 7) is -0.376. The van der Waals surface area contributed by atoms with Crippen LogP contribution in [0, 0.1) is 0 Å². The Kier molecular flexibility index (Phi) is 4.48. The Morgan fingerprint density at radius 3 is 2.46 bits per heavy atom. The number of carbonyl (C=O) groups excluding carboxylic acids is 3. The first-order valence-corrected chi connectivity index (χ1v) is 7.65. The second-order valence-corrected chi connectivity index (χ2v) is 5.65. The third-order valence-electron chi connectivity index (χ3n) is 3.61. The van der Waals surface area contributed by atoms with E-state index in [4.69, 9.17) is 11.6 Å². The van der Waals surface area contributed by atoms with E-state index in [2.05, 4.69) is 10.6 Å². The second-order valence-electron chi connectivity index (χ2n) is 5.25. The fourth-order valence-electron chi connectivity index (χ4n) is 2.44. The molecule has 1 fully saturated rings. The summed E-state index contributed by atoms with van der Waals surface area (Å²) in [5.74, 6) is -0.958. The lowest BCUT2D eigenvalue weighted by Gasteiger charge is -2.13. The number of para-hydroxylation sites is 1. The standard InChI is InChI=1S/C17H14ClN3O3/c18-12-8-4-5-9-13(12)19-14(22)10-21-16(23)15(20-17(21)24)11-6-2-1-3-7-11/h1-9,15H,10H2,(H,19,22)(H,20,24). The van der Waals surface area contributed by atoms with Crippen molar-refractivity contribution in [2.45, 2.75) is 6.04 Å². The zero-order valence-electron chi connectivity index (χ0n) is 12.5. The molecule has 0 aromatic heterocycles. The third-order valence-corrected chi connectivity index (χ3v) is 3.94. The van der Waals surface area contributed by atoms with Gasteiger partial charge >= 0.3 is 6.03 Å². The number of benzene rings is 2. The second kappa shape index (κ2) is 6.72. The van der Waals surface area contributed by atoms with Crippen LogP contribution in [0.25, 0.3) is 0 Å². The molecular weight excluding hydrogens is 330 g/mol. The maximum absolute atomic E-state index is 12.4. The Hall–Kier alpha value is -2.86. The minimum absolute atomic E-state index is 0.376. The highest BCUT2D eigenvalue weighted by Crippen LogP contribution is 2.23. The van der Waals surface area contributed by atoms with Crippen molar-refractivity contribution < 1.29 is 14.4 Å². The minimum Gasteiger partial charge on any atom is -0.323 e. The SMILES string of the molecule is O=C(CN1C(=O)NC(c2ccccc2)C1=O)Nc1ccccc1Cl. The molecule has 0 radical (unpaired) electrons. The Morgan fingerprint density at radius 2 is 1.75 bits per heavy atom. The van der Waals surface area contributed by atoms with Gasteiger partial charge in [-0.3, -0.25) is 14.5 Å². The first kappa shape index (κ1) is 16.0. The molecule has 2 aromatic rings. The van der Waals surface area contributed by atoms with Gasteiger partial charge in [0.1, 0.15) is 12.6 Å². The Morgan fingerprint density at radius 1 is 1.08 bits per heavy atom. The number of urea groups is 1. The van der Waals surface area contributed by atoms with E-state index in [9.17, 15) is 14.4 Å². The summed E-state index contributed by atoms with van der Waals surface area (Å²) in [5, 5.41) is 5.55. The van der Waals surface area contributed by atoms with E-state index in [1.165, 1.54) is 0 Å². The van der Waals surface area contributed by atoms with Crippen LogP contribution in [-0.4, -0.2) is 29.3 Å². The smallest absolute Gasteiger partial charge is 0.323 e.